The first-order chi connectivity index (χ1) is 11.0. The summed E-state index contributed by atoms with van der Waals surface area (Å²) < 4.78 is 32.0. The average molecular weight is 398 g/mol. The smallest absolute Gasteiger partial charge is 0.262 e. The molecule has 7 nitrogen and oxygen atoms in total. The maximum Gasteiger partial charge on any atom is 0.262 e. The van der Waals surface area contributed by atoms with Gasteiger partial charge in [-0.05, 0) is 24.9 Å². The first kappa shape index (κ1) is 21.3. The molecule has 24 heavy (non-hydrogen) atoms. The van der Waals surface area contributed by atoms with Crippen molar-refractivity contribution >= 4 is 39.7 Å². The van der Waals surface area contributed by atoms with E-state index in [0.29, 0.717) is 32.8 Å². The molecule has 138 valence electrons. The van der Waals surface area contributed by atoms with Crippen LogP contribution in [0.4, 0.5) is 0 Å². The highest BCUT2D eigenvalue weighted by atomic mass is 35.5. The van der Waals surface area contributed by atoms with Crippen LogP contribution >= 0.6 is 23.7 Å². The summed E-state index contributed by atoms with van der Waals surface area (Å²) in [7, 11) is -3.66. The van der Waals surface area contributed by atoms with Crippen molar-refractivity contribution in [3.63, 3.8) is 0 Å². The van der Waals surface area contributed by atoms with Crippen LogP contribution in [0.25, 0.3) is 0 Å². The zero-order valence-electron chi connectivity index (χ0n) is 13.8. The van der Waals surface area contributed by atoms with Crippen molar-refractivity contribution in [1.82, 2.24) is 14.9 Å². The molecule has 1 atom stereocenters. The molecule has 1 fully saturated rings. The molecule has 1 aromatic rings. The van der Waals surface area contributed by atoms with E-state index in [9.17, 15) is 13.2 Å². The van der Waals surface area contributed by atoms with Crippen molar-refractivity contribution in [3.8, 4) is 0 Å². The van der Waals surface area contributed by atoms with Crippen molar-refractivity contribution in [1.29, 1.82) is 0 Å². The van der Waals surface area contributed by atoms with Gasteiger partial charge in [-0.1, -0.05) is 6.92 Å². The number of morpholine rings is 1. The number of nitrogens with zero attached hydrogens (tertiary/aromatic N) is 1. The Morgan fingerprint density at radius 2 is 2.08 bits per heavy atom. The third-order valence-electron chi connectivity index (χ3n) is 3.54. The van der Waals surface area contributed by atoms with Crippen LogP contribution in [0, 0.1) is 0 Å². The molecule has 0 radical (unpaired) electrons. The highest BCUT2D eigenvalue weighted by Gasteiger charge is 2.31. The number of halogens is 1. The quantitative estimate of drug-likeness (QED) is 0.714. The topological polar surface area (TPSA) is 87.7 Å². The molecule has 1 saturated heterocycles. The number of carbonyl (C=O) groups excluding carboxylic acids is 1. The Morgan fingerprint density at radius 1 is 1.42 bits per heavy atom. The summed E-state index contributed by atoms with van der Waals surface area (Å²) in [5, 5.41) is 7.61. The summed E-state index contributed by atoms with van der Waals surface area (Å²) in [5.74, 6) is -0.350. The van der Waals surface area contributed by atoms with E-state index in [-0.39, 0.29) is 34.1 Å². The van der Waals surface area contributed by atoms with Crippen molar-refractivity contribution in [3.05, 3.63) is 16.3 Å². The van der Waals surface area contributed by atoms with E-state index in [1.54, 1.807) is 5.38 Å². The largest absolute Gasteiger partial charge is 0.379 e. The molecule has 0 unspecified atom stereocenters. The number of nitrogens with one attached hydrogen (secondary N) is 2. The van der Waals surface area contributed by atoms with Crippen LogP contribution in [0.2, 0.25) is 0 Å². The van der Waals surface area contributed by atoms with Crippen molar-refractivity contribution in [2.24, 2.45) is 0 Å². The van der Waals surface area contributed by atoms with Gasteiger partial charge in [0.25, 0.3) is 5.91 Å². The summed E-state index contributed by atoms with van der Waals surface area (Å²) in [6, 6.07) is 1.63. The SMILES string of the molecule is CCN[C@H](C)CNC(=O)c1sccc1S(=O)(=O)N1CCOCC1.Cl. The molecule has 0 aromatic carbocycles. The van der Waals surface area contributed by atoms with E-state index in [1.807, 2.05) is 13.8 Å². The molecule has 0 bridgehead atoms. The second kappa shape index (κ2) is 9.69. The standard InChI is InChI=1S/C14H23N3O4S2.ClH/c1-3-15-11(2)10-16-14(18)13-12(4-9-22-13)23(19,20)17-5-7-21-8-6-17;/h4,9,11,15H,3,5-8,10H2,1-2H3,(H,16,18);1H/t11-;/m1./s1. The number of ether oxygens (including phenoxy) is 1. The van der Waals surface area contributed by atoms with E-state index < -0.39 is 10.0 Å². The van der Waals surface area contributed by atoms with E-state index >= 15 is 0 Å². The molecule has 1 aliphatic rings. The van der Waals surface area contributed by atoms with Gasteiger partial charge in [0, 0.05) is 25.7 Å². The first-order valence-corrected chi connectivity index (χ1v) is 9.95. The number of sulfonamides is 1. The third-order valence-corrected chi connectivity index (χ3v) is 6.53. The molecule has 2 rings (SSSR count). The normalized spacial score (nSPS) is 17.1. The highest BCUT2D eigenvalue weighted by Crippen LogP contribution is 2.25. The zero-order chi connectivity index (χ0) is 16.9. The minimum Gasteiger partial charge on any atom is -0.379 e. The minimum absolute atomic E-state index is 0. The predicted octanol–water partition coefficient (Wildman–Crippen LogP) is 0.919. The van der Waals surface area contributed by atoms with Gasteiger partial charge >= 0.3 is 0 Å². The fraction of sp³-hybridized carbons (Fsp3) is 0.643. The fourth-order valence-electron chi connectivity index (χ4n) is 2.34. The maximum absolute atomic E-state index is 12.7. The van der Waals surface area contributed by atoms with Gasteiger partial charge in [-0.15, -0.1) is 23.7 Å². The van der Waals surface area contributed by atoms with Gasteiger partial charge in [0.1, 0.15) is 9.77 Å². The van der Waals surface area contributed by atoms with Gasteiger partial charge in [-0.3, -0.25) is 4.79 Å². The highest BCUT2D eigenvalue weighted by molar-refractivity contribution is 7.89. The molecule has 1 amide bonds. The Morgan fingerprint density at radius 3 is 2.71 bits per heavy atom. The molecular formula is C14H24ClN3O4S2. The number of carbonyl (C=O) groups is 1. The third kappa shape index (κ3) is 5.14. The second-order valence-corrected chi connectivity index (χ2v) is 8.12. The van der Waals surface area contributed by atoms with E-state index in [4.69, 9.17) is 4.74 Å². The van der Waals surface area contributed by atoms with Crippen LogP contribution in [0.1, 0.15) is 23.5 Å². The summed E-state index contributed by atoms with van der Waals surface area (Å²) in [6.45, 7) is 6.60. The van der Waals surface area contributed by atoms with Crippen molar-refractivity contribution in [2.75, 3.05) is 39.4 Å². The average Bonchev–Trinajstić information content (AvgIpc) is 3.04. The molecule has 10 heteroatoms. The lowest BCUT2D eigenvalue weighted by molar-refractivity contribution is 0.0730. The lowest BCUT2D eigenvalue weighted by atomic mass is 10.3. The van der Waals surface area contributed by atoms with Crippen LogP contribution in [0.5, 0.6) is 0 Å². The lowest BCUT2D eigenvalue weighted by Crippen LogP contribution is -2.42. The van der Waals surface area contributed by atoms with Crippen molar-refractivity contribution < 1.29 is 17.9 Å². The van der Waals surface area contributed by atoms with Gasteiger partial charge in [0.15, 0.2) is 0 Å². The number of hydrogen-bond donors (Lipinski definition) is 2. The van der Waals surface area contributed by atoms with E-state index in [2.05, 4.69) is 10.6 Å². The fourth-order valence-corrected chi connectivity index (χ4v) is 5.06. The molecule has 2 heterocycles. The number of likely N-dealkylation sites (N-methyl/N-ethyl adjacent to an activating group) is 1. The van der Waals surface area contributed by atoms with Gasteiger partial charge in [-0.25, -0.2) is 8.42 Å². The molecular weight excluding hydrogens is 374 g/mol. The summed E-state index contributed by atoms with van der Waals surface area (Å²) in [6.07, 6.45) is 0. The first-order valence-electron chi connectivity index (χ1n) is 7.63. The zero-order valence-corrected chi connectivity index (χ0v) is 16.2. The summed E-state index contributed by atoms with van der Waals surface area (Å²) >= 11 is 1.14. The Balaban J connectivity index is 0.00000288. The Hall–Kier alpha value is -0.710. The van der Waals surface area contributed by atoms with Crippen molar-refractivity contribution in [2.45, 2.75) is 24.8 Å². The van der Waals surface area contributed by atoms with Crippen LogP contribution in [0.3, 0.4) is 0 Å². The Labute approximate surface area is 153 Å². The maximum atomic E-state index is 12.7. The van der Waals surface area contributed by atoms with Gasteiger partial charge in [0.05, 0.1) is 13.2 Å². The predicted molar refractivity (Wildman–Crippen MR) is 96.6 cm³/mol. The van der Waals surface area contributed by atoms with Crippen LogP contribution < -0.4 is 10.6 Å². The molecule has 0 aliphatic carbocycles. The molecule has 1 aliphatic heterocycles. The number of hydrogen-bond acceptors (Lipinski definition) is 6. The molecule has 0 spiro atoms. The molecule has 1 aromatic heterocycles. The van der Waals surface area contributed by atoms with Gasteiger partial charge < -0.3 is 15.4 Å². The number of amides is 1. The van der Waals surface area contributed by atoms with Gasteiger partial charge in [-0.2, -0.15) is 4.31 Å². The summed E-state index contributed by atoms with van der Waals surface area (Å²) in [4.78, 5) is 12.6. The van der Waals surface area contributed by atoms with Crippen LogP contribution in [0.15, 0.2) is 16.3 Å². The second-order valence-electron chi connectivity index (χ2n) is 5.30. The minimum atomic E-state index is -3.66. The van der Waals surface area contributed by atoms with Crippen LogP contribution in [-0.4, -0.2) is 64.1 Å². The molecule has 2 N–H and O–H groups in total. The number of rotatable bonds is 7. The number of thiophene rings is 1. The van der Waals surface area contributed by atoms with Gasteiger partial charge in [0.2, 0.25) is 10.0 Å². The molecule has 0 saturated carbocycles. The van der Waals surface area contributed by atoms with Crippen LogP contribution in [-0.2, 0) is 14.8 Å². The van der Waals surface area contributed by atoms with E-state index in [0.717, 1.165) is 17.9 Å². The Kier molecular flexibility index (Phi) is 8.61. The summed E-state index contributed by atoms with van der Waals surface area (Å²) in [5.41, 5.74) is 0. The Bertz CT molecular complexity index is 630. The lowest BCUT2D eigenvalue weighted by Gasteiger charge is -2.26. The van der Waals surface area contributed by atoms with E-state index in [1.165, 1.54) is 10.4 Å². The monoisotopic (exact) mass is 397 g/mol.